The highest BCUT2D eigenvalue weighted by Gasteiger charge is 2.04. The van der Waals surface area contributed by atoms with Crippen molar-refractivity contribution in [2.24, 2.45) is 0 Å². The fourth-order valence-electron chi connectivity index (χ4n) is 2.00. The molecule has 1 aromatic heterocycles. The van der Waals surface area contributed by atoms with E-state index in [0.29, 0.717) is 5.89 Å². The van der Waals surface area contributed by atoms with Crippen LogP contribution in [-0.2, 0) is 14.6 Å². The summed E-state index contributed by atoms with van der Waals surface area (Å²) in [5.74, 6) is 0.709. The van der Waals surface area contributed by atoms with Crippen LogP contribution in [0, 0.1) is 6.92 Å². The quantitative estimate of drug-likeness (QED) is 0.735. The minimum atomic E-state index is -4.17. The topological polar surface area (TPSA) is 89.6 Å². The van der Waals surface area contributed by atoms with E-state index < -0.39 is 10.4 Å². The van der Waals surface area contributed by atoms with Gasteiger partial charge >= 0.3 is 10.4 Å². The maximum absolute atomic E-state index is 9.56. The molecule has 0 saturated heterocycles. The number of aryl methyl sites for hydroxylation is 1. The Morgan fingerprint density at radius 2 is 1.83 bits per heavy atom. The minimum absolute atomic E-state index is 0.0289. The Balaban J connectivity index is 0.000000236. The normalized spacial score (nSPS) is 11.1. The first-order valence-corrected chi connectivity index (χ1v) is 8.30. The summed E-state index contributed by atoms with van der Waals surface area (Å²) in [6, 6.07) is 16.4. The summed E-state index contributed by atoms with van der Waals surface area (Å²) in [4.78, 5) is 4.33. The van der Waals surface area contributed by atoms with E-state index in [-0.39, 0.29) is 6.61 Å². The molecule has 0 unspecified atom stereocenters. The van der Waals surface area contributed by atoms with Crippen molar-refractivity contribution in [1.29, 1.82) is 0 Å². The van der Waals surface area contributed by atoms with Crippen molar-refractivity contribution < 1.29 is 21.6 Å². The van der Waals surface area contributed by atoms with E-state index in [1.165, 1.54) is 18.1 Å². The third-order valence-electron chi connectivity index (χ3n) is 2.87. The Bertz CT molecular complexity index is 872. The Kier molecular flexibility index (Phi) is 5.49. The lowest BCUT2D eigenvalue weighted by Crippen LogP contribution is -2.01. The van der Waals surface area contributed by atoms with Crippen LogP contribution in [0.25, 0.3) is 22.2 Å². The predicted molar refractivity (Wildman–Crippen MR) is 87.4 cm³/mol. The van der Waals surface area contributed by atoms with Gasteiger partial charge in [-0.15, -0.1) is 0 Å². The number of hydrogen-bond acceptors (Lipinski definition) is 5. The van der Waals surface area contributed by atoms with Crippen molar-refractivity contribution in [2.75, 3.05) is 6.61 Å². The number of hydrogen-bond donors (Lipinski definition) is 1. The zero-order valence-corrected chi connectivity index (χ0v) is 13.6. The van der Waals surface area contributed by atoms with Crippen LogP contribution in [0.1, 0.15) is 12.8 Å². The third-order valence-corrected chi connectivity index (χ3v) is 3.40. The molecule has 0 saturated carbocycles. The highest BCUT2D eigenvalue weighted by Crippen LogP contribution is 2.24. The zero-order valence-electron chi connectivity index (χ0n) is 12.8. The van der Waals surface area contributed by atoms with Crippen molar-refractivity contribution >= 4 is 21.5 Å². The molecule has 23 heavy (non-hydrogen) atoms. The Hall–Kier alpha value is -2.22. The van der Waals surface area contributed by atoms with Gasteiger partial charge in [0.1, 0.15) is 5.52 Å². The molecular weight excluding hydrogens is 318 g/mol. The number of aromatic nitrogens is 1. The summed E-state index contributed by atoms with van der Waals surface area (Å²) in [5.41, 5.74) is 4.13. The summed E-state index contributed by atoms with van der Waals surface area (Å²) in [6.45, 7) is 3.30. The smallest absolute Gasteiger partial charge is 0.397 e. The molecule has 1 heterocycles. The van der Waals surface area contributed by atoms with Crippen molar-refractivity contribution in [3.63, 3.8) is 0 Å². The highest BCUT2D eigenvalue weighted by molar-refractivity contribution is 7.80. The largest absolute Gasteiger partial charge is 0.441 e. The van der Waals surface area contributed by atoms with Crippen LogP contribution < -0.4 is 0 Å². The Labute approximate surface area is 134 Å². The number of rotatable bonds is 3. The molecule has 3 aromatic rings. The van der Waals surface area contributed by atoms with E-state index in [1.54, 1.807) is 0 Å². The van der Waals surface area contributed by atoms with Crippen LogP contribution >= 0.6 is 0 Å². The van der Waals surface area contributed by atoms with E-state index in [9.17, 15) is 8.42 Å². The van der Waals surface area contributed by atoms with Gasteiger partial charge in [0.2, 0.25) is 0 Å². The molecule has 0 spiro atoms. The molecule has 7 heteroatoms. The van der Waals surface area contributed by atoms with Gasteiger partial charge in [0.25, 0.3) is 0 Å². The van der Waals surface area contributed by atoms with Crippen LogP contribution in [0.3, 0.4) is 0 Å². The van der Waals surface area contributed by atoms with Gasteiger partial charge in [-0.3, -0.25) is 4.55 Å². The number of oxazole rings is 1. The van der Waals surface area contributed by atoms with E-state index in [0.717, 1.165) is 11.1 Å². The van der Waals surface area contributed by atoms with E-state index in [4.69, 9.17) is 8.97 Å². The van der Waals surface area contributed by atoms with Crippen LogP contribution in [0.5, 0.6) is 0 Å². The highest BCUT2D eigenvalue weighted by atomic mass is 32.3. The molecule has 0 bridgehead atoms. The Morgan fingerprint density at radius 1 is 1.13 bits per heavy atom. The average Bonchev–Trinajstić information content (AvgIpc) is 2.86. The molecule has 3 rings (SSSR count). The Morgan fingerprint density at radius 3 is 2.39 bits per heavy atom. The predicted octanol–water partition coefficient (Wildman–Crippen LogP) is 3.63. The van der Waals surface area contributed by atoms with Crippen LogP contribution in [-0.4, -0.2) is 24.6 Å². The molecule has 0 amide bonds. The maximum atomic E-state index is 9.56. The minimum Gasteiger partial charge on any atom is -0.441 e. The SMILES string of the molecule is CCOS(=O)(=O)O.Cc1nc2cc(-c3ccccc3)ccc2o1. The summed E-state index contributed by atoms with van der Waals surface area (Å²) in [7, 11) is -4.17. The monoisotopic (exact) mass is 335 g/mol. The van der Waals surface area contributed by atoms with Crippen LogP contribution in [0.15, 0.2) is 52.9 Å². The molecule has 1 N–H and O–H groups in total. The van der Waals surface area contributed by atoms with Gasteiger partial charge in [-0.2, -0.15) is 8.42 Å². The first-order valence-electron chi connectivity index (χ1n) is 6.93. The molecule has 122 valence electrons. The van der Waals surface area contributed by atoms with E-state index in [1.807, 2.05) is 31.2 Å². The summed E-state index contributed by atoms with van der Waals surface area (Å²) >= 11 is 0. The second kappa shape index (κ2) is 7.36. The first kappa shape index (κ1) is 17.1. The maximum Gasteiger partial charge on any atom is 0.397 e. The summed E-state index contributed by atoms with van der Waals surface area (Å²) in [5, 5.41) is 0. The van der Waals surface area contributed by atoms with Crippen molar-refractivity contribution in [2.45, 2.75) is 13.8 Å². The van der Waals surface area contributed by atoms with Crippen molar-refractivity contribution in [1.82, 2.24) is 4.98 Å². The summed E-state index contributed by atoms with van der Waals surface area (Å²) < 4.78 is 36.1. The second-order valence-electron chi connectivity index (χ2n) is 4.62. The molecule has 0 fully saturated rings. The van der Waals surface area contributed by atoms with Gasteiger partial charge < -0.3 is 4.42 Å². The zero-order chi connectivity index (χ0) is 16.9. The molecule has 0 aliphatic rings. The van der Waals surface area contributed by atoms with E-state index in [2.05, 4.69) is 33.4 Å². The fourth-order valence-corrected chi connectivity index (χ4v) is 2.30. The lowest BCUT2D eigenvalue weighted by molar-refractivity contribution is 0.283. The fraction of sp³-hybridized carbons (Fsp3) is 0.188. The molecule has 0 atom stereocenters. The molecule has 6 nitrogen and oxygen atoms in total. The molecular formula is C16H17NO5S. The first-order chi connectivity index (χ1) is 10.9. The van der Waals surface area contributed by atoms with Crippen molar-refractivity contribution in [3.8, 4) is 11.1 Å². The van der Waals surface area contributed by atoms with Crippen LogP contribution in [0.4, 0.5) is 0 Å². The standard InChI is InChI=1S/C14H11NO.C2H6O4S/c1-10-15-13-9-12(7-8-14(13)16-10)11-5-3-2-4-6-11;1-2-6-7(3,4)5/h2-9H,1H3;2H2,1H3,(H,3,4,5). The van der Waals surface area contributed by atoms with Crippen LogP contribution in [0.2, 0.25) is 0 Å². The number of nitrogens with zero attached hydrogens (tertiary/aromatic N) is 1. The van der Waals surface area contributed by atoms with Gasteiger partial charge in [0.05, 0.1) is 6.61 Å². The molecule has 0 aliphatic carbocycles. The van der Waals surface area contributed by atoms with Crippen molar-refractivity contribution in [3.05, 3.63) is 54.4 Å². The summed E-state index contributed by atoms with van der Waals surface area (Å²) in [6.07, 6.45) is 0. The average molecular weight is 335 g/mol. The number of benzene rings is 2. The number of fused-ring (bicyclic) bond motifs is 1. The lowest BCUT2D eigenvalue weighted by Gasteiger charge is -1.99. The van der Waals surface area contributed by atoms with Gasteiger partial charge in [-0.25, -0.2) is 9.17 Å². The molecule has 0 radical (unpaired) electrons. The van der Waals surface area contributed by atoms with Gasteiger partial charge in [0, 0.05) is 6.92 Å². The molecule has 2 aromatic carbocycles. The van der Waals surface area contributed by atoms with Gasteiger partial charge in [-0.05, 0) is 30.2 Å². The van der Waals surface area contributed by atoms with Gasteiger partial charge in [-0.1, -0.05) is 36.4 Å². The second-order valence-corrected chi connectivity index (χ2v) is 5.71. The molecule has 0 aliphatic heterocycles. The van der Waals surface area contributed by atoms with E-state index >= 15 is 0 Å². The third kappa shape index (κ3) is 5.17. The lowest BCUT2D eigenvalue weighted by atomic mass is 10.1. The van der Waals surface area contributed by atoms with Gasteiger partial charge in [0.15, 0.2) is 11.5 Å².